The summed E-state index contributed by atoms with van der Waals surface area (Å²) in [5.41, 5.74) is 4.71. The van der Waals surface area contributed by atoms with Crippen LogP contribution in [0.5, 0.6) is 0 Å². The van der Waals surface area contributed by atoms with Crippen LogP contribution in [0.4, 0.5) is 5.69 Å². The second-order valence-corrected chi connectivity index (χ2v) is 6.11. The van der Waals surface area contributed by atoms with Crippen molar-refractivity contribution in [3.63, 3.8) is 0 Å². The van der Waals surface area contributed by atoms with Crippen molar-refractivity contribution in [1.82, 2.24) is 4.57 Å². The topological polar surface area (TPSA) is 57.8 Å². The third kappa shape index (κ3) is 3.90. The Labute approximate surface area is 153 Å². The molecule has 128 valence electrons. The highest BCUT2D eigenvalue weighted by molar-refractivity contribution is 6.09. The third-order valence-corrected chi connectivity index (χ3v) is 4.05. The predicted molar refractivity (Wildman–Crippen MR) is 104 cm³/mol. The van der Waals surface area contributed by atoms with Crippen molar-refractivity contribution < 1.29 is 4.79 Å². The summed E-state index contributed by atoms with van der Waals surface area (Å²) in [6.07, 6.45) is 3.52. The Morgan fingerprint density at radius 2 is 1.77 bits per heavy atom. The quantitative estimate of drug-likeness (QED) is 0.555. The molecule has 3 rings (SSSR count). The molecular formula is C22H19N3O. The zero-order chi connectivity index (χ0) is 18.5. The maximum Gasteiger partial charge on any atom is 0.266 e. The molecule has 0 saturated carbocycles. The number of rotatable bonds is 4. The molecule has 0 spiro atoms. The Morgan fingerprint density at radius 1 is 1.08 bits per heavy atom. The molecular weight excluding hydrogens is 322 g/mol. The Balaban J connectivity index is 1.84. The van der Waals surface area contributed by atoms with Crippen LogP contribution in [0.1, 0.15) is 16.8 Å². The van der Waals surface area contributed by atoms with Gasteiger partial charge in [0, 0.05) is 23.3 Å². The van der Waals surface area contributed by atoms with E-state index >= 15 is 0 Å². The number of amides is 1. The predicted octanol–water partition coefficient (Wildman–Crippen LogP) is 4.64. The molecule has 4 heteroatoms. The minimum absolute atomic E-state index is 0.0655. The molecule has 1 amide bonds. The molecule has 0 atom stereocenters. The molecule has 0 unspecified atom stereocenters. The molecule has 1 N–H and O–H groups in total. The second-order valence-electron chi connectivity index (χ2n) is 6.11. The molecule has 0 aliphatic rings. The van der Waals surface area contributed by atoms with Gasteiger partial charge in [0.05, 0.1) is 0 Å². The molecule has 1 aromatic heterocycles. The number of anilines is 1. The van der Waals surface area contributed by atoms with Crippen molar-refractivity contribution in [3.8, 4) is 11.8 Å². The first-order valence-corrected chi connectivity index (χ1v) is 8.31. The van der Waals surface area contributed by atoms with Gasteiger partial charge in [-0.3, -0.25) is 4.79 Å². The van der Waals surface area contributed by atoms with Crippen LogP contribution >= 0.6 is 0 Å². The maximum atomic E-state index is 12.4. The Hall–Kier alpha value is -3.58. The van der Waals surface area contributed by atoms with Crippen LogP contribution in [0, 0.1) is 25.2 Å². The Kier molecular flexibility index (Phi) is 5.00. The van der Waals surface area contributed by atoms with Gasteiger partial charge in [0.25, 0.3) is 5.91 Å². The van der Waals surface area contributed by atoms with Gasteiger partial charge in [0.1, 0.15) is 11.6 Å². The monoisotopic (exact) mass is 341 g/mol. The zero-order valence-corrected chi connectivity index (χ0v) is 14.7. The lowest BCUT2D eigenvalue weighted by atomic mass is 10.1. The first-order valence-electron chi connectivity index (χ1n) is 8.31. The van der Waals surface area contributed by atoms with E-state index in [0.717, 1.165) is 22.5 Å². The van der Waals surface area contributed by atoms with Crippen LogP contribution < -0.4 is 5.32 Å². The average Bonchev–Trinajstić information content (AvgIpc) is 3.02. The number of nitriles is 1. The molecule has 0 saturated heterocycles. The van der Waals surface area contributed by atoms with Crippen LogP contribution in [-0.2, 0) is 4.79 Å². The van der Waals surface area contributed by atoms with Gasteiger partial charge >= 0.3 is 0 Å². The smallest absolute Gasteiger partial charge is 0.266 e. The summed E-state index contributed by atoms with van der Waals surface area (Å²) in [6, 6.07) is 21.3. The van der Waals surface area contributed by atoms with Crippen molar-refractivity contribution in [2.75, 3.05) is 5.32 Å². The van der Waals surface area contributed by atoms with Gasteiger partial charge in [-0.15, -0.1) is 0 Å². The molecule has 0 aliphatic carbocycles. The Morgan fingerprint density at radius 3 is 2.42 bits per heavy atom. The van der Waals surface area contributed by atoms with Crippen molar-refractivity contribution in [2.45, 2.75) is 13.8 Å². The zero-order valence-electron chi connectivity index (χ0n) is 14.7. The van der Waals surface area contributed by atoms with Gasteiger partial charge in [-0.25, -0.2) is 0 Å². The number of nitrogens with zero attached hydrogens (tertiary/aromatic N) is 2. The van der Waals surface area contributed by atoms with E-state index in [1.165, 1.54) is 0 Å². The first kappa shape index (κ1) is 17.2. The van der Waals surface area contributed by atoms with E-state index < -0.39 is 5.91 Å². The molecule has 0 bridgehead atoms. The van der Waals surface area contributed by atoms with Crippen molar-refractivity contribution in [1.29, 1.82) is 5.26 Å². The number of aromatic nitrogens is 1. The summed E-state index contributed by atoms with van der Waals surface area (Å²) in [4.78, 5) is 12.4. The van der Waals surface area contributed by atoms with Gasteiger partial charge in [-0.2, -0.15) is 5.26 Å². The number of para-hydroxylation sites is 1. The lowest BCUT2D eigenvalue weighted by molar-refractivity contribution is -0.112. The van der Waals surface area contributed by atoms with Crippen molar-refractivity contribution in [3.05, 3.63) is 89.3 Å². The van der Waals surface area contributed by atoms with Gasteiger partial charge in [-0.05, 0) is 55.8 Å². The van der Waals surface area contributed by atoms with E-state index in [-0.39, 0.29) is 5.57 Å². The fourth-order valence-electron chi connectivity index (χ4n) is 2.70. The van der Waals surface area contributed by atoms with E-state index in [4.69, 9.17) is 0 Å². The largest absolute Gasteiger partial charge is 0.321 e. The number of hydrogen-bond donors (Lipinski definition) is 1. The highest BCUT2D eigenvalue weighted by Gasteiger charge is 2.11. The normalized spacial score (nSPS) is 11.0. The van der Waals surface area contributed by atoms with Crippen LogP contribution in [0.2, 0.25) is 0 Å². The van der Waals surface area contributed by atoms with Crippen LogP contribution in [-0.4, -0.2) is 10.5 Å². The molecule has 4 nitrogen and oxygen atoms in total. The minimum Gasteiger partial charge on any atom is -0.321 e. The first-order chi connectivity index (χ1) is 12.6. The highest BCUT2D eigenvalue weighted by Crippen LogP contribution is 2.18. The minimum atomic E-state index is -0.415. The summed E-state index contributed by atoms with van der Waals surface area (Å²) in [6.45, 7) is 3.97. The standard InChI is InChI=1S/C22H19N3O/c1-16-8-10-20(11-9-16)24-22(26)19(14-23)13-18-12-17(2)25(15-18)21-6-4-3-5-7-21/h3-13,15H,1-2H3,(H,24,26)/b19-13+. The lowest BCUT2D eigenvalue weighted by Crippen LogP contribution is -2.13. The van der Waals surface area contributed by atoms with E-state index in [0.29, 0.717) is 5.69 Å². The molecule has 0 fully saturated rings. The fraction of sp³-hybridized carbons (Fsp3) is 0.0909. The third-order valence-electron chi connectivity index (χ3n) is 4.05. The van der Waals surface area contributed by atoms with E-state index in [1.54, 1.807) is 6.08 Å². The number of nitrogens with one attached hydrogen (secondary N) is 1. The van der Waals surface area contributed by atoms with E-state index in [1.807, 2.05) is 91.3 Å². The summed E-state index contributed by atoms with van der Waals surface area (Å²) in [5, 5.41) is 12.1. The van der Waals surface area contributed by atoms with Crippen LogP contribution in [0.3, 0.4) is 0 Å². The number of benzene rings is 2. The lowest BCUT2D eigenvalue weighted by Gasteiger charge is -2.05. The number of aryl methyl sites for hydroxylation is 2. The summed E-state index contributed by atoms with van der Waals surface area (Å²) in [5.74, 6) is -0.415. The van der Waals surface area contributed by atoms with Gasteiger partial charge in [0.2, 0.25) is 0 Å². The van der Waals surface area contributed by atoms with Crippen LogP contribution in [0.25, 0.3) is 11.8 Å². The molecule has 2 aromatic carbocycles. The van der Waals surface area contributed by atoms with E-state index in [9.17, 15) is 10.1 Å². The second kappa shape index (κ2) is 7.54. The molecule has 3 aromatic rings. The van der Waals surface area contributed by atoms with E-state index in [2.05, 4.69) is 5.32 Å². The molecule has 0 aliphatic heterocycles. The van der Waals surface area contributed by atoms with Crippen LogP contribution in [0.15, 0.2) is 72.4 Å². The average molecular weight is 341 g/mol. The summed E-state index contributed by atoms with van der Waals surface area (Å²) >= 11 is 0. The van der Waals surface area contributed by atoms with Crippen molar-refractivity contribution >= 4 is 17.7 Å². The Bertz CT molecular complexity index is 990. The van der Waals surface area contributed by atoms with Gasteiger partial charge in [-0.1, -0.05) is 35.9 Å². The summed E-state index contributed by atoms with van der Waals surface area (Å²) < 4.78 is 2.03. The fourth-order valence-corrected chi connectivity index (χ4v) is 2.70. The summed E-state index contributed by atoms with van der Waals surface area (Å²) in [7, 11) is 0. The maximum absolute atomic E-state index is 12.4. The molecule has 1 heterocycles. The highest BCUT2D eigenvalue weighted by atomic mass is 16.1. The van der Waals surface area contributed by atoms with Gasteiger partial charge < -0.3 is 9.88 Å². The van der Waals surface area contributed by atoms with Gasteiger partial charge in [0.15, 0.2) is 0 Å². The number of carbonyl (C=O) groups excluding carboxylic acids is 1. The molecule has 26 heavy (non-hydrogen) atoms. The number of hydrogen-bond acceptors (Lipinski definition) is 2. The number of carbonyl (C=O) groups is 1. The van der Waals surface area contributed by atoms with Crippen molar-refractivity contribution in [2.24, 2.45) is 0 Å². The molecule has 0 radical (unpaired) electrons. The SMILES string of the molecule is Cc1ccc(NC(=O)/C(C#N)=C/c2cc(C)n(-c3ccccc3)c2)cc1.